The summed E-state index contributed by atoms with van der Waals surface area (Å²) in [6, 6.07) is 12.3. The zero-order chi connectivity index (χ0) is 20.2. The third kappa shape index (κ3) is 4.68. The quantitative estimate of drug-likeness (QED) is 0.658. The summed E-state index contributed by atoms with van der Waals surface area (Å²) < 4.78 is 0. The molecule has 3 heterocycles. The van der Waals surface area contributed by atoms with Gasteiger partial charge < -0.3 is 5.32 Å². The smallest absolute Gasteiger partial charge is 0.286 e. The molecule has 0 radical (unpaired) electrons. The molecule has 1 fully saturated rings. The number of rotatable bonds is 6. The van der Waals surface area contributed by atoms with Gasteiger partial charge in [-0.25, -0.2) is 0 Å². The second-order valence-corrected chi connectivity index (χ2v) is 8.64. The highest BCUT2D eigenvalue weighted by Gasteiger charge is 2.31. The van der Waals surface area contributed by atoms with Gasteiger partial charge in [0.2, 0.25) is 5.01 Å². The van der Waals surface area contributed by atoms with Gasteiger partial charge in [0.15, 0.2) is 0 Å². The third-order valence-electron chi connectivity index (χ3n) is 5.30. The van der Waals surface area contributed by atoms with Crippen LogP contribution in [0.2, 0.25) is 0 Å². The molecule has 4 rings (SSSR count). The maximum absolute atomic E-state index is 12.5. The summed E-state index contributed by atoms with van der Waals surface area (Å²) in [5.41, 5.74) is 3.24. The maximum atomic E-state index is 12.5. The van der Waals surface area contributed by atoms with E-state index in [2.05, 4.69) is 45.3 Å². The van der Waals surface area contributed by atoms with E-state index in [4.69, 9.17) is 0 Å². The van der Waals surface area contributed by atoms with Crippen LogP contribution in [-0.2, 0) is 13.0 Å². The molecule has 1 N–H and O–H groups in total. The van der Waals surface area contributed by atoms with Gasteiger partial charge in [-0.05, 0) is 48.1 Å². The Morgan fingerprint density at radius 3 is 2.79 bits per heavy atom. The molecule has 3 aromatic rings. The van der Waals surface area contributed by atoms with Crippen molar-refractivity contribution in [3.63, 3.8) is 0 Å². The van der Waals surface area contributed by atoms with Crippen molar-refractivity contribution >= 4 is 22.9 Å². The van der Waals surface area contributed by atoms with Crippen LogP contribution in [0.15, 0.2) is 48.8 Å². The van der Waals surface area contributed by atoms with Crippen LogP contribution in [0.5, 0.6) is 0 Å². The van der Waals surface area contributed by atoms with Crippen molar-refractivity contribution in [2.24, 2.45) is 5.92 Å². The molecule has 2 aromatic heterocycles. The van der Waals surface area contributed by atoms with Gasteiger partial charge in [0.25, 0.3) is 5.91 Å². The minimum absolute atomic E-state index is 0.211. The molecule has 0 saturated carbocycles. The van der Waals surface area contributed by atoms with Crippen molar-refractivity contribution in [1.29, 1.82) is 0 Å². The number of nitrogens with zero attached hydrogens (tertiary/aromatic N) is 4. The van der Waals surface area contributed by atoms with E-state index in [1.54, 1.807) is 6.20 Å². The van der Waals surface area contributed by atoms with Crippen LogP contribution in [0.4, 0.5) is 5.69 Å². The Kier molecular flexibility index (Phi) is 5.97. The summed E-state index contributed by atoms with van der Waals surface area (Å²) in [4.78, 5) is 19.2. The fraction of sp³-hybridized carbons (Fsp3) is 0.364. The number of pyridine rings is 1. The summed E-state index contributed by atoms with van der Waals surface area (Å²) in [5, 5.41) is 12.6. The van der Waals surface area contributed by atoms with Gasteiger partial charge in [0.05, 0.1) is 6.54 Å². The number of likely N-dealkylation sites (tertiary alicyclic amines) is 1. The van der Waals surface area contributed by atoms with E-state index >= 15 is 0 Å². The Morgan fingerprint density at radius 2 is 2.07 bits per heavy atom. The fourth-order valence-electron chi connectivity index (χ4n) is 3.82. The van der Waals surface area contributed by atoms with E-state index in [9.17, 15) is 4.79 Å². The first kappa shape index (κ1) is 19.7. The number of hydrogen-bond acceptors (Lipinski definition) is 6. The summed E-state index contributed by atoms with van der Waals surface area (Å²) in [5.74, 6) is 0.401. The Labute approximate surface area is 175 Å². The van der Waals surface area contributed by atoms with Gasteiger partial charge in [0, 0.05) is 30.7 Å². The lowest BCUT2D eigenvalue weighted by Crippen LogP contribution is -2.23. The lowest BCUT2D eigenvalue weighted by molar-refractivity contribution is 0.102. The molecule has 0 unspecified atom stereocenters. The standard InChI is InChI=1S/C22H25N5OS/c1-3-16-6-8-18(9-7-16)24-21(28)22-26-25-20(29-22)14-27-13-15(2)11-19(27)17-5-4-10-23-12-17/h4-10,12,15,19H,3,11,13-14H2,1-2H3,(H,24,28)/t15-,19+/m0/s1. The second kappa shape index (κ2) is 8.80. The molecule has 1 amide bonds. The summed E-state index contributed by atoms with van der Waals surface area (Å²) in [6.07, 6.45) is 5.82. The monoisotopic (exact) mass is 407 g/mol. The molecule has 6 nitrogen and oxygen atoms in total. The van der Waals surface area contributed by atoms with Crippen LogP contribution >= 0.6 is 11.3 Å². The fourth-order valence-corrected chi connectivity index (χ4v) is 4.58. The Morgan fingerprint density at radius 1 is 1.24 bits per heavy atom. The number of nitrogens with one attached hydrogen (secondary N) is 1. The van der Waals surface area contributed by atoms with Gasteiger partial charge >= 0.3 is 0 Å². The number of benzene rings is 1. The largest absolute Gasteiger partial charge is 0.320 e. The lowest BCUT2D eigenvalue weighted by Gasteiger charge is -2.23. The normalized spacial score (nSPS) is 19.4. The van der Waals surface area contributed by atoms with E-state index in [-0.39, 0.29) is 5.91 Å². The Bertz CT molecular complexity index is 957. The van der Waals surface area contributed by atoms with Crippen LogP contribution in [0, 0.1) is 5.92 Å². The molecule has 7 heteroatoms. The van der Waals surface area contributed by atoms with Crippen LogP contribution < -0.4 is 5.32 Å². The Hall–Kier alpha value is -2.64. The molecule has 2 atom stereocenters. The second-order valence-electron chi connectivity index (χ2n) is 7.58. The number of amides is 1. The highest BCUT2D eigenvalue weighted by Crippen LogP contribution is 2.36. The molecular formula is C22H25N5OS. The zero-order valence-corrected chi connectivity index (χ0v) is 17.5. The van der Waals surface area contributed by atoms with Crippen LogP contribution in [0.1, 0.15) is 52.2 Å². The summed E-state index contributed by atoms with van der Waals surface area (Å²) in [6.45, 7) is 6.08. The molecule has 29 heavy (non-hydrogen) atoms. The topological polar surface area (TPSA) is 71.0 Å². The minimum atomic E-state index is -0.211. The summed E-state index contributed by atoms with van der Waals surface area (Å²) in [7, 11) is 0. The number of carbonyl (C=O) groups excluding carboxylic acids is 1. The molecule has 1 aromatic carbocycles. The van der Waals surface area contributed by atoms with Gasteiger partial charge in [-0.1, -0.05) is 43.4 Å². The van der Waals surface area contributed by atoms with Crippen molar-refractivity contribution in [2.75, 3.05) is 11.9 Å². The number of aromatic nitrogens is 3. The predicted octanol–water partition coefficient (Wildman–Crippen LogP) is 4.33. The van der Waals surface area contributed by atoms with Crippen molar-refractivity contribution in [3.8, 4) is 0 Å². The molecule has 0 spiro atoms. The first-order valence-electron chi connectivity index (χ1n) is 9.99. The van der Waals surface area contributed by atoms with Gasteiger partial charge in [-0.15, -0.1) is 10.2 Å². The molecule has 0 aliphatic carbocycles. The van der Waals surface area contributed by atoms with Gasteiger partial charge in [-0.3, -0.25) is 14.7 Å². The van der Waals surface area contributed by atoms with E-state index < -0.39 is 0 Å². The highest BCUT2D eigenvalue weighted by atomic mass is 32.1. The molecule has 1 saturated heterocycles. The van der Waals surface area contributed by atoms with Crippen LogP contribution in [0.3, 0.4) is 0 Å². The van der Waals surface area contributed by atoms with Crippen LogP contribution in [0.25, 0.3) is 0 Å². The zero-order valence-electron chi connectivity index (χ0n) is 16.7. The van der Waals surface area contributed by atoms with E-state index in [0.717, 1.165) is 30.1 Å². The average molecular weight is 408 g/mol. The molecule has 1 aliphatic heterocycles. The third-order valence-corrected chi connectivity index (χ3v) is 6.21. The van der Waals surface area contributed by atoms with E-state index in [0.29, 0.717) is 23.5 Å². The number of aryl methyl sites for hydroxylation is 1. The first-order valence-corrected chi connectivity index (χ1v) is 10.8. The van der Waals surface area contributed by atoms with E-state index in [1.807, 2.05) is 36.5 Å². The number of carbonyl (C=O) groups is 1. The van der Waals surface area contributed by atoms with Crippen molar-refractivity contribution in [3.05, 3.63) is 69.9 Å². The average Bonchev–Trinajstić information content (AvgIpc) is 3.36. The van der Waals surface area contributed by atoms with Crippen LogP contribution in [-0.4, -0.2) is 32.5 Å². The Balaban J connectivity index is 1.42. The molecule has 0 bridgehead atoms. The van der Waals surface area contributed by atoms with Gasteiger partial charge in [0.1, 0.15) is 5.01 Å². The van der Waals surface area contributed by atoms with Crippen molar-refractivity contribution < 1.29 is 4.79 Å². The lowest BCUT2D eigenvalue weighted by atomic mass is 10.0. The van der Waals surface area contributed by atoms with Crippen molar-refractivity contribution in [1.82, 2.24) is 20.1 Å². The minimum Gasteiger partial charge on any atom is -0.320 e. The predicted molar refractivity (Wildman–Crippen MR) is 115 cm³/mol. The SMILES string of the molecule is CCc1ccc(NC(=O)c2nnc(CN3C[C@@H](C)C[C@@H]3c3cccnc3)s2)cc1. The number of hydrogen-bond donors (Lipinski definition) is 1. The van der Waals surface area contributed by atoms with Crippen molar-refractivity contribution in [2.45, 2.75) is 39.3 Å². The highest BCUT2D eigenvalue weighted by molar-refractivity contribution is 7.13. The molecule has 150 valence electrons. The molecule has 1 aliphatic rings. The maximum Gasteiger partial charge on any atom is 0.286 e. The summed E-state index contributed by atoms with van der Waals surface area (Å²) >= 11 is 1.36. The molecular weight excluding hydrogens is 382 g/mol. The first-order chi connectivity index (χ1) is 14.1. The van der Waals surface area contributed by atoms with E-state index in [1.165, 1.54) is 22.5 Å². The van der Waals surface area contributed by atoms with Gasteiger partial charge in [-0.2, -0.15) is 0 Å². The number of anilines is 1.